The molecule has 1 atom stereocenters. The van der Waals surface area contributed by atoms with Gasteiger partial charge >= 0.3 is 0 Å². The van der Waals surface area contributed by atoms with Gasteiger partial charge in [0.05, 0.1) is 4.90 Å². The van der Waals surface area contributed by atoms with Crippen molar-refractivity contribution in [2.75, 3.05) is 26.2 Å². The molecule has 3 rings (SSSR count). The minimum atomic E-state index is -3.60. The van der Waals surface area contributed by atoms with E-state index in [0.717, 1.165) is 10.0 Å². The van der Waals surface area contributed by atoms with Crippen molar-refractivity contribution in [3.63, 3.8) is 0 Å². The topological polar surface area (TPSA) is 86.8 Å². The number of piperazine rings is 1. The molecule has 1 heterocycles. The third-order valence-corrected chi connectivity index (χ3v) is 7.44. The number of carbonyl (C=O) groups excluding carboxylic acids is 2. The molecule has 0 radical (unpaired) electrons. The second-order valence-corrected chi connectivity index (χ2v) is 10.1. The van der Waals surface area contributed by atoms with E-state index in [4.69, 9.17) is 0 Å². The lowest BCUT2D eigenvalue weighted by molar-refractivity contribution is -0.134. The van der Waals surface area contributed by atoms with Gasteiger partial charge in [-0.1, -0.05) is 33.6 Å². The van der Waals surface area contributed by atoms with Crippen LogP contribution in [0, 0.1) is 6.92 Å². The zero-order chi connectivity index (χ0) is 21.9. The minimum Gasteiger partial charge on any atom is -0.341 e. The van der Waals surface area contributed by atoms with E-state index in [1.54, 1.807) is 54.3 Å². The summed E-state index contributed by atoms with van der Waals surface area (Å²) in [4.78, 5) is 26.9. The first-order valence-electron chi connectivity index (χ1n) is 9.60. The average Bonchev–Trinajstić information content (AvgIpc) is 2.73. The Labute approximate surface area is 185 Å². The Hall–Kier alpha value is -2.23. The van der Waals surface area contributed by atoms with Crippen molar-refractivity contribution in [3.05, 3.63) is 64.1 Å². The molecule has 1 aliphatic rings. The van der Waals surface area contributed by atoms with Crippen LogP contribution in [-0.4, -0.2) is 61.7 Å². The summed E-state index contributed by atoms with van der Waals surface area (Å²) in [5.74, 6) is -0.535. The van der Waals surface area contributed by atoms with Gasteiger partial charge in [-0.2, -0.15) is 4.31 Å². The molecular formula is C21H24BrN3O4S. The standard InChI is InChI=1S/C21H24BrN3O4S/c1-15-4-3-5-17(14-15)20(26)23-16(2)21(27)24-10-12-25(13-11-24)30(28,29)19-8-6-18(22)7-9-19/h3-9,14,16H,10-13H2,1-2H3,(H,23,26)/t16-/m1/s1. The van der Waals surface area contributed by atoms with Crippen molar-refractivity contribution in [3.8, 4) is 0 Å². The van der Waals surface area contributed by atoms with Crippen molar-refractivity contribution in [1.29, 1.82) is 0 Å². The molecule has 160 valence electrons. The molecule has 2 aromatic carbocycles. The Bertz CT molecular complexity index is 1030. The summed E-state index contributed by atoms with van der Waals surface area (Å²) in [6, 6.07) is 12.9. The number of rotatable bonds is 5. The predicted octanol–water partition coefficient (Wildman–Crippen LogP) is 2.41. The molecule has 2 amide bonds. The maximum Gasteiger partial charge on any atom is 0.251 e. The maximum absolute atomic E-state index is 12.8. The van der Waals surface area contributed by atoms with Crippen molar-refractivity contribution < 1.29 is 18.0 Å². The lowest BCUT2D eigenvalue weighted by Crippen LogP contribution is -2.55. The number of amides is 2. The van der Waals surface area contributed by atoms with Gasteiger partial charge in [0.15, 0.2) is 0 Å². The zero-order valence-corrected chi connectivity index (χ0v) is 19.2. The molecule has 1 saturated heterocycles. The highest BCUT2D eigenvalue weighted by Gasteiger charge is 2.31. The zero-order valence-electron chi connectivity index (χ0n) is 16.8. The second kappa shape index (κ2) is 9.28. The van der Waals surface area contributed by atoms with Crippen LogP contribution in [0.5, 0.6) is 0 Å². The molecule has 9 heteroatoms. The smallest absolute Gasteiger partial charge is 0.251 e. The molecule has 0 unspecified atom stereocenters. The Morgan fingerprint density at radius 3 is 2.27 bits per heavy atom. The van der Waals surface area contributed by atoms with E-state index in [0.29, 0.717) is 5.56 Å². The molecule has 30 heavy (non-hydrogen) atoms. The number of nitrogens with one attached hydrogen (secondary N) is 1. The third-order valence-electron chi connectivity index (χ3n) is 5.00. The van der Waals surface area contributed by atoms with Gasteiger partial charge in [0.2, 0.25) is 15.9 Å². The van der Waals surface area contributed by atoms with E-state index < -0.39 is 16.1 Å². The van der Waals surface area contributed by atoms with Gasteiger partial charge in [-0.15, -0.1) is 0 Å². The molecule has 0 spiro atoms. The maximum atomic E-state index is 12.8. The van der Waals surface area contributed by atoms with Crippen LogP contribution in [0.15, 0.2) is 57.9 Å². The first kappa shape index (κ1) is 22.5. The highest BCUT2D eigenvalue weighted by atomic mass is 79.9. The van der Waals surface area contributed by atoms with Gasteiger partial charge < -0.3 is 10.2 Å². The first-order chi connectivity index (χ1) is 14.2. The summed E-state index contributed by atoms with van der Waals surface area (Å²) < 4.78 is 27.8. The van der Waals surface area contributed by atoms with E-state index in [2.05, 4.69) is 21.2 Å². The molecule has 0 aliphatic carbocycles. The van der Waals surface area contributed by atoms with E-state index >= 15 is 0 Å². The van der Waals surface area contributed by atoms with Gasteiger partial charge in [0, 0.05) is 36.2 Å². The molecule has 1 N–H and O–H groups in total. The number of benzene rings is 2. The van der Waals surface area contributed by atoms with Crippen LogP contribution < -0.4 is 5.32 Å². The van der Waals surface area contributed by atoms with Crippen molar-refractivity contribution in [2.45, 2.75) is 24.8 Å². The quantitative estimate of drug-likeness (QED) is 0.692. The lowest BCUT2D eigenvalue weighted by atomic mass is 10.1. The van der Waals surface area contributed by atoms with Crippen molar-refractivity contribution in [1.82, 2.24) is 14.5 Å². The van der Waals surface area contributed by atoms with Crippen LogP contribution in [0.25, 0.3) is 0 Å². The van der Waals surface area contributed by atoms with Crippen LogP contribution >= 0.6 is 15.9 Å². The Morgan fingerprint density at radius 2 is 1.67 bits per heavy atom. The van der Waals surface area contributed by atoms with E-state index in [1.165, 1.54) is 4.31 Å². The predicted molar refractivity (Wildman–Crippen MR) is 118 cm³/mol. The Morgan fingerprint density at radius 1 is 1.03 bits per heavy atom. The van der Waals surface area contributed by atoms with Gasteiger partial charge in [0.1, 0.15) is 6.04 Å². The molecule has 0 saturated carbocycles. The van der Waals surface area contributed by atoms with Gasteiger partial charge in [-0.3, -0.25) is 9.59 Å². The molecule has 0 aromatic heterocycles. The largest absolute Gasteiger partial charge is 0.341 e. The van der Waals surface area contributed by atoms with E-state index in [9.17, 15) is 18.0 Å². The number of sulfonamides is 1. The number of hydrogen-bond acceptors (Lipinski definition) is 4. The van der Waals surface area contributed by atoms with Crippen molar-refractivity contribution >= 4 is 37.8 Å². The molecular weight excluding hydrogens is 470 g/mol. The third kappa shape index (κ3) is 5.08. The van der Waals surface area contributed by atoms with E-state index in [-0.39, 0.29) is 42.9 Å². The molecule has 2 aromatic rings. The number of carbonyl (C=O) groups is 2. The summed E-state index contributed by atoms with van der Waals surface area (Å²) in [6.45, 7) is 4.51. The summed E-state index contributed by atoms with van der Waals surface area (Å²) in [5, 5.41) is 2.73. The number of hydrogen-bond donors (Lipinski definition) is 1. The lowest BCUT2D eigenvalue weighted by Gasteiger charge is -2.35. The van der Waals surface area contributed by atoms with Crippen LogP contribution in [0.3, 0.4) is 0 Å². The summed E-state index contributed by atoms with van der Waals surface area (Å²) in [7, 11) is -3.60. The van der Waals surface area contributed by atoms with Gasteiger partial charge in [-0.05, 0) is 50.2 Å². The van der Waals surface area contributed by atoms with Crippen molar-refractivity contribution in [2.24, 2.45) is 0 Å². The highest BCUT2D eigenvalue weighted by Crippen LogP contribution is 2.20. The average molecular weight is 494 g/mol. The van der Waals surface area contributed by atoms with Gasteiger partial charge in [0.25, 0.3) is 5.91 Å². The fourth-order valence-electron chi connectivity index (χ4n) is 3.31. The number of halogens is 1. The highest BCUT2D eigenvalue weighted by molar-refractivity contribution is 9.10. The normalized spacial score (nSPS) is 16.2. The fraction of sp³-hybridized carbons (Fsp3) is 0.333. The van der Waals surface area contributed by atoms with Crippen LogP contribution in [-0.2, 0) is 14.8 Å². The SMILES string of the molecule is Cc1cccc(C(=O)N[C@H](C)C(=O)N2CCN(S(=O)(=O)c3ccc(Br)cc3)CC2)c1. The Balaban J connectivity index is 1.58. The first-order valence-corrected chi connectivity index (χ1v) is 11.8. The van der Waals surface area contributed by atoms with Crippen LogP contribution in [0.1, 0.15) is 22.8 Å². The summed E-state index contributed by atoms with van der Waals surface area (Å²) in [6.07, 6.45) is 0. The van der Waals surface area contributed by atoms with E-state index in [1.807, 2.05) is 13.0 Å². The Kier molecular flexibility index (Phi) is 6.95. The summed E-state index contributed by atoms with van der Waals surface area (Å²) in [5.41, 5.74) is 1.46. The van der Waals surface area contributed by atoms with Crippen LogP contribution in [0.4, 0.5) is 0 Å². The fourth-order valence-corrected chi connectivity index (χ4v) is 4.99. The van der Waals surface area contributed by atoms with Gasteiger partial charge in [-0.25, -0.2) is 8.42 Å². The summed E-state index contributed by atoms with van der Waals surface area (Å²) >= 11 is 3.30. The second-order valence-electron chi connectivity index (χ2n) is 7.25. The molecule has 1 aliphatic heterocycles. The minimum absolute atomic E-state index is 0.211. The number of nitrogens with zero attached hydrogens (tertiary/aromatic N) is 2. The number of aryl methyl sites for hydroxylation is 1. The van der Waals surface area contributed by atoms with Crippen LogP contribution in [0.2, 0.25) is 0 Å². The molecule has 0 bridgehead atoms. The monoisotopic (exact) mass is 493 g/mol. The molecule has 1 fully saturated rings. The molecule has 7 nitrogen and oxygen atoms in total.